The quantitative estimate of drug-likeness (QED) is 0.135. The minimum absolute atomic E-state index is 0.259. The Morgan fingerprint density at radius 1 is 0.611 bits per heavy atom. The van der Waals surface area contributed by atoms with Gasteiger partial charge in [-0.15, -0.1) is 5.10 Å². The zero-order valence-electron chi connectivity index (χ0n) is 24.2. The molecule has 206 valence electrons. The van der Waals surface area contributed by atoms with E-state index in [-0.39, 0.29) is 6.17 Å². The third-order valence-electron chi connectivity index (χ3n) is 7.86. The van der Waals surface area contributed by atoms with E-state index in [9.17, 15) is 0 Å². The molecule has 1 aromatic heterocycles. The van der Waals surface area contributed by atoms with Gasteiger partial charge in [-0.3, -0.25) is 4.90 Å². The van der Waals surface area contributed by atoms with Gasteiger partial charge in [-0.25, -0.2) is 4.68 Å². The Morgan fingerprint density at radius 3 is 1.50 bits per heavy atom. The average Bonchev–Trinajstić information content (AvgIpc) is 3.33. The summed E-state index contributed by atoms with van der Waals surface area (Å²) in [6.45, 7) is 9.25. The topological polar surface area (TPSA) is 34.0 Å². The van der Waals surface area contributed by atoms with Crippen molar-refractivity contribution in [2.75, 3.05) is 13.1 Å². The van der Waals surface area contributed by atoms with E-state index < -0.39 is 0 Å². The SMILES string of the molecule is CCCCCCCCCCCCN(CCCCCCCCCCCC)C(C)n1nnc2ccccc21. The first-order valence-electron chi connectivity index (χ1n) is 15.8. The Bertz CT molecular complexity index is 731. The number of nitrogens with zero attached hydrogens (tertiary/aromatic N) is 4. The maximum atomic E-state index is 4.54. The Balaban J connectivity index is 1.71. The highest BCUT2D eigenvalue weighted by atomic mass is 15.5. The number of para-hydroxylation sites is 1. The maximum absolute atomic E-state index is 4.54. The summed E-state index contributed by atoms with van der Waals surface area (Å²) in [5, 5.41) is 8.96. The fraction of sp³-hybridized carbons (Fsp3) is 0.812. The van der Waals surface area contributed by atoms with Crippen molar-refractivity contribution < 1.29 is 0 Å². The minimum atomic E-state index is 0.259. The standard InChI is InChI=1S/C32H58N4/c1-4-6-8-10-12-14-16-18-20-24-28-35(29-25-21-19-17-15-13-11-9-7-5-2)30(3)36-32-27-23-22-26-31(32)33-34-36/h22-23,26-27,30H,4-21,24-25,28-29H2,1-3H3. The summed E-state index contributed by atoms with van der Waals surface area (Å²) in [6, 6.07) is 8.38. The summed E-state index contributed by atoms with van der Waals surface area (Å²) < 4.78 is 2.14. The summed E-state index contributed by atoms with van der Waals surface area (Å²) in [6.07, 6.45) is 28.1. The summed E-state index contributed by atoms with van der Waals surface area (Å²) in [7, 11) is 0. The van der Waals surface area contributed by atoms with Crippen LogP contribution in [0, 0.1) is 0 Å². The molecular weight excluding hydrogens is 440 g/mol. The van der Waals surface area contributed by atoms with Gasteiger partial charge in [0, 0.05) is 13.1 Å². The van der Waals surface area contributed by atoms with Crippen LogP contribution in [0.3, 0.4) is 0 Å². The molecule has 1 heterocycles. The largest absolute Gasteiger partial charge is 0.282 e. The van der Waals surface area contributed by atoms with E-state index in [4.69, 9.17) is 0 Å². The molecule has 0 radical (unpaired) electrons. The molecule has 0 saturated heterocycles. The number of benzene rings is 1. The first-order valence-corrected chi connectivity index (χ1v) is 15.8. The lowest BCUT2D eigenvalue weighted by Crippen LogP contribution is -2.33. The Hall–Kier alpha value is -1.42. The smallest absolute Gasteiger partial charge is 0.113 e. The van der Waals surface area contributed by atoms with Crippen molar-refractivity contribution in [3.8, 4) is 0 Å². The summed E-state index contributed by atoms with van der Waals surface area (Å²) in [4.78, 5) is 2.66. The highest BCUT2D eigenvalue weighted by molar-refractivity contribution is 5.73. The van der Waals surface area contributed by atoms with Gasteiger partial charge in [0.25, 0.3) is 0 Å². The predicted octanol–water partition coefficient (Wildman–Crippen LogP) is 10.1. The lowest BCUT2D eigenvalue weighted by atomic mass is 10.1. The van der Waals surface area contributed by atoms with Crippen LogP contribution in [0.5, 0.6) is 0 Å². The van der Waals surface area contributed by atoms with Crippen molar-refractivity contribution in [3.05, 3.63) is 24.3 Å². The number of fused-ring (bicyclic) bond motifs is 1. The van der Waals surface area contributed by atoms with E-state index in [1.165, 1.54) is 142 Å². The lowest BCUT2D eigenvalue weighted by Gasteiger charge is -2.29. The van der Waals surface area contributed by atoms with Gasteiger partial charge in [-0.05, 0) is 31.9 Å². The van der Waals surface area contributed by atoms with Crippen LogP contribution < -0.4 is 0 Å². The molecule has 4 heteroatoms. The van der Waals surface area contributed by atoms with E-state index in [0.29, 0.717) is 0 Å². The molecule has 0 fully saturated rings. The van der Waals surface area contributed by atoms with Crippen LogP contribution in [0.15, 0.2) is 24.3 Å². The van der Waals surface area contributed by atoms with Crippen LogP contribution >= 0.6 is 0 Å². The molecule has 36 heavy (non-hydrogen) atoms. The average molecular weight is 499 g/mol. The molecule has 0 aliphatic carbocycles. The van der Waals surface area contributed by atoms with Crippen LogP contribution in [-0.2, 0) is 0 Å². The Morgan fingerprint density at radius 2 is 1.03 bits per heavy atom. The third kappa shape index (κ3) is 12.7. The Kier molecular flexibility index (Phi) is 17.6. The van der Waals surface area contributed by atoms with E-state index >= 15 is 0 Å². The fourth-order valence-electron chi connectivity index (χ4n) is 5.41. The lowest BCUT2D eigenvalue weighted by molar-refractivity contribution is 0.138. The highest BCUT2D eigenvalue weighted by Crippen LogP contribution is 2.21. The minimum Gasteiger partial charge on any atom is -0.282 e. The van der Waals surface area contributed by atoms with Crippen molar-refractivity contribution in [1.82, 2.24) is 19.9 Å². The number of rotatable bonds is 24. The normalized spacial score (nSPS) is 12.7. The van der Waals surface area contributed by atoms with Gasteiger partial charge >= 0.3 is 0 Å². The molecule has 1 atom stereocenters. The molecule has 1 unspecified atom stereocenters. The maximum Gasteiger partial charge on any atom is 0.113 e. The van der Waals surface area contributed by atoms with Gasteiger partial charge in [0.2, 0.25) is 0 Å². The Labute approximate surface area is 223 Å². The predicted molar refractivity (Wildman–Crippen MR) is 157 cm³/mol. The molecule has 0 spiro atoms. The van der Waals surface area contributed by atoms with Gasteiger partial charge < -0.3 is 0 Å². The van der Waals surface area contributed by atoms with Gasteiger partial charge in [-0.2, -0.15) is 0 Å². The van der Waals surface area contributed by atoms with Gasteiger partial charge in [0.05, 0.1) is 5.52 Å². The van der Waals surface area contributed by atoms with Crippen molar-refractivity contribution in [3.63, 3.8) is 0 Å². The molecule has 0 bridgehead atoms. The fourth-order valence-corrected chi connectivity index (χ4v) is 5.41. The molecule has 0 aliphatic heterocycles. The molecule has 2 rings (SSSR count). The molecule has 4 nitrogen and oxygen atoms in total. The monoisotopic (exact) mass is 498 g/mol. The van der Waals surface area contributed by atoms with Crippen LogP contribution in [-0.4, -0.2) is 33.0 Å². The zero-order chi connectivity index (χ0) is 25.7. The molecule has 1 aromatic carbocycles. The summed E-state index contributed by atoms with van der Waals surface area (Å²) >= 11 is 0. The van der Waals surface area contributed by atoms with Crippen molar-refractivity contribution in [2.24, 2.45) is 0 Å². The van der Waals surface area contributed by atoms with E-state index in [0.717, 1.165) is 11.0 Å². The molecule has 0 N–H and O–H groups in total. The third-order valence-corrected chi connectivity index (χ3v) is 7.86. The highest BCUT2D eigenvalue weighted by Gasteiger charge is 2.18. The second kappa shape index (κ2) is 20.6. The van der Waals surface area contributed by atoms with E-state index in [2.05, 4.69) is 64.9 Å². The first-order chi connectivity index (χ1) is 17.8. The van der Waals surface area contributed by atoms with E-state index in [1.54, 1.807) is 0 Å². The summed E-state index contributed by atoms with van der Waals surface area (Å²) in [5.41, 5.74) is 2.16. The van der Waals surface area contributed by atoms with Crippen molar-refractivity contribution >= 4 is 11.0 Å². The first kappa shape index (κ1) is 30.8. The number of hydrogen-bond donors (Lipinski definition) is 0. The van der Waals surface area contributed by atoms with Crippen LogP contribution in [0.1, 0.15) is 155 Å². The van der Waals surface area contributed by atoms with Crippen molar-refractivity contribution in [1.29, 1.82) is 0 Å². The van der Waals surface area contributed by atoms with Gasteiger partial charge in [0.15, 0.2) is 0 Å². The number of unbranched alkanes of at least 4 members (excludes halogenated alkanes) is 18. The van der Waals surface area contributed by atoms with Crippen LogP contribution in [0.25, 0.3) is 11.0 Å². The second-order valence-electron chi connectivity index (χ2n) is 11.1. The van der Waals surface area contributed by atoms with Crippen molar-refractivity contribution in [2.45, 2.75) is 155 Å². The van der Waals surface area contributed by atoms with Crippen LogP contribution in [0.2, 0.25) is 0 Å². The second-order valence-corrected chi connectivity index (χ2v) is 11.1. The summed E-state index contributed by atoms with van der Waals surface area (Å²) in [5.74, 6) is 0. The molecule has 0 aliphatic rings. The van der Waals surface area contributed by atoms with Gasteiger partial charge in [0.1, 0.15) is 11.7 Å². The van der Waals surface area contributed by atoms with Crippen LogP contribution in [0.4, 0.5) is 0 Å². The number of hydrogen-bond acceptors (Lipinski definition) is 3. The molecular formula is C32H58N4. The van der Waals surface area contributed by atoms with E-state index in [1.807, 2.05) is 0 Å². The number of aromatic nitrogens is 3. The molecule has 2 aromatic rings. The molecule has 0 saturated carbocycles. The van der Waals surface area contributed by atoms with Gasteiger partial charge in [-0.1, -0.05) is 147 Å². The zero-order valence-corrected chi connectivity index (χ0v) is 24.2. The molecule has 0 amide bonds.